The summed E-state index contributed by atoms with van der Waals surface area (Å²) in [6.07, 6.45) is -1.77. The van der Waals surface area contributed by atoms with Gasteiger partial charge in [-0.3, -0.25) is 0 Å². The number of nitrogens with zero attached hydrogens (tertiary/aromatic N) is 1. The smallest absolute Gasteiger partial charge is 0.319 e. The molecule has 3 N–H and O–H groups in total. The number of benzene rings is 2. The zero-order chi connectivity index (χ0) is 19.5. The van der Waals surface area contributed by atoms with Crippen LogP contribution in [0.5, 0.6) is 0 Å². The van der Waals surface area contributed by atoms with Crippen molar-refractivity contribution in [3.8, 4) is 6.07 Å². The highest BCUT2D eigenvalue weighted by molar-refractivity contribution is 8.00. The Balaban J connectivity index is 1.44. The molecule has 4 rings (SSSR count). The van der Waals surface area contributed by atoms with E-state index in [-0.39, 0.29) is 5.25 Å². The summed E-state index contributed by atoms with van der Waals surface area (Å²) in [4.78, 5) is 13.4. The molecule has 0 radical (unpaired) electrons. The summed E-state index contributed by atoms with van der Waals surface area (Å²) >= 11 is 1.46. The van der Waals surface area contributed by atoms with E-state index < -0.39 is 30.6 Å². The molecule has 2 bridgehead atoms. The molecule has 2 aliphatic heterocycles. The number of nitriles is 1. The molecule has 2 amide bonds. The molecule has 0 aromatic heterocycles. The van der Waals surface area contributed by atoms with Crippen LogP contribution < -0.4 is 10.6 Å². The Bertz CT molecular complexity index is 889. The topological polar surface area (TPSA) is 104 Å². The molecule has 5 atom stereocenters. The lowest BCUT2D eigenvalue weighted by Crippen LogP contribution is -2.60. The molecule has 2 saturated heterocycles. The third-order valence-electron chi connectivity index (χ3n) is 4.67. The summed E-state index contributed by atoms with van der Waals surface area (Å²) < 4.78 is 11.5. The summed E-state index contributed by atoms with van der Waals surface area (Å²) in [7, 11) is 0. The van der Waals surface area contributed by atoms with Crippen molar-refractivity contribution in [2.75, 3.05) is 11.9 Å². The Labute approximate surface area is 166 Å². The number of anilines is 1. The number of nitrogens with one attached hydrogen (secondary N) is 2. The summed E-state index contributed by atoms with van der Waals surface area (Å²) in [6.45, 7) is 0.308. The summed E-state index contributed by atoms with van der Waals surface area (Å²) in [5.74, 6) is 0. The Morgan fingerprint density at radius 3 is 2.82 bits per heavy atom. The van der Waals surface area contributed by atoms with Crippen LogP contribution in [-0.4, -0.2) is 47.5 Å². The summed E-state index contributed by atoms with van der Waals surface area (Å²) in [6, 6.07) is 17.2. The van der Waals surface area contributed by atoms with Crippen LogP contribution in [0.15, 0.2) is 59.5 Å². The number of aliphatic hydroxyl groups is 1. The van der Waals surface area contributed by atoms with Crippen LogP contribution in [0.2, 0.25) is 0 Å². The fraction of sp³-hybridized carbons (Fsp3) is 0.300. The molecule has 8 heteroatoms. The second kappa shape index (κ2) is 8.20. The molecule has 0 spiro atoms. The predicted molar refractivity (Wildman–Crippen MR) is 104 cm³/mol. The lowest BCUT2D eigenvalue weighted by Gasteiger charge is -2.38. The Kier molecular flexibility index (Phi) is 5.50. The summed E-state index contributed by atoms with van der Waals surface area (Å²) in [5, 5.41) is 25.0. The largest absolute Gasteiger partial charge is 0.389 e. The quantitative estimate of drug-likeness (QED) is 0.732. The van der Waals surface area contributed by atoms with Gasteiger partial charge in [0, 0.05) is 10.6 Å². The van der Waals surface area contributed by atoms with Crippen LogP contribution in [0.3, 0.4) is 0 Å². The van der Waals surface area contributed by atoms with E-state index in [0.717, 1.165) is 4.90 Å². The molecular weight excluding hydrogens is 378 g/mol. The number of hydrogen-bond acceptors (Lipinski definition) is 6. The van der Waals surface area contributed by atoms with Gasteiger partial charge in [0.25, 0.3) is 0 Å². The first-order valence-corrected chi connectivity index (χ1v) is 9.76. The maximum Gasteiger partial charge on any atom is 0.319 e. The van der Waals surface area contributed by atoms with E-state index in [0.29, 0.717) is 17.9 Å². The van der Waals surface area contributed by atoms with Gasteiger partial charge in [-0.2, -0.15) is 5.26 Å². The standard InChI is InChI=1S/C20H19N3O4S/c21-10-12-5-4-6-13(9-12)22-20(25)23-16-15-11-26-19(27-15)18(17(16)24)28-14-7-2-1-3-8-14/h1-9,15-19,24H,11H2,(H2,22,23,25). The zero-order valence-corrected chi connectivity index (χ0v) is 15.6. The molecule has 7 nitrogen and oxygen atoms in total. The minimum Gasteiger partial charge on any atom is -0.389 e. The Hall–Kier alpha value is -2.57. The number of carbonyl (C=O) groups is 1. The molecule has 2 aliphatic rings. The maximum absolute atomic E-state index is 12.4. The second-order valence-corrected chi connectivity index (χ2v) is 7.83. The molecule has 2 aromatic carbocycles. The van der Waals surface area contributed by atoms with Crippen LogP contribution in [0, 0.1) is 11.3 Å². The summed E-state index contributed by atoms with van der Waals surface area (Å²) in [5.41, 5.74) is 0.948. The predicted octanol–water partition coefficient (Wildman–Crippen LogP) is 2.33. The molecule has 0 saturated carbocycles. The molecule has 28 heavy (non-hydrogen) atoms. The van der Waals surface area contributed by atoms with Crippen molar-refractivity contribution in [3.05, 3.63) is 60.2 Å². The minimum atomic E-state index is -0.840. The van der Waals surface area contributed by atoms with Crippen molar-refractivity contribution in [3.63, 3.8) is 0 Å². The number of hydrogen-bond donors (Lipinski definition) is 3. The lowest BCUT2D eigenvalue weighted by molar-refractivity contribution is -0.121. The fourth-order valence-corrected chi connectivity index (χ4v) is 4.52. The number of amides is 2. The molecule has 2 heterocycles. The van der Waals surface area contributed by atoms with Gasteiger partial charge in [0.05, 0.1) is 35.6 Å². The van der Waals surface area contributed by atoms with Gasteiger partial charge in [0.15, 0.2) is 6.29 Å². The second-order valence-electron chi connectivity index (χ2n) is 6.58. The molecular formula is C20H19N3O4S. The first-order valence-electron chi connectivity index (χ1n) is 8.88. The third-order valence-corrected chi connectivity index (χ3v) is 5.99. The van der Waals surface area contributed by atoms with Crippen LogP contribution in [0.25, 0.3) is 0 Å². The molecule has 2 aromatic rings. The van der Waals surface area contributed by atoms with Gasteiger partial charge in [0.1, 0.15) is 6.10 Å². The number of rotatable bonds is 4. The first kappa shape index (κ1) is 18.8. The number of carbonyl (C=O) groups excluding carboxylic acids is 1. The zero-order valence-electron chi connectivity index (χ0n) is 14.8. The van der Waals surface area contributed by atoms with E-state index in [1.807, 2.05) is 36.4 Å². The van der Waals surface area contributed by atoms with Crippen LogP contribution in [0.4, 0.5) is 10.5 Å². The van der Waals surface area contributed by atoms with Crippen molar-refractivity contribution in [1.82, 2.24) is 5.32 Å². The maximum atomic E-state index is 12.4. The van der Waals surface area contributed by atoms with Gasteiger partial charge >= 0.3 is 6.03 Å². The number of thioether (sulfide) groups is 1. The SMILES string of the molecule is N#Cc1cccc(NC(=O)NC2C3COC(O3)C(Sc3ccccc3)C2O)c1. The van der Waals surface area contributed by atoms with Crippen LogP contribution in [0.1, 0.15) is 5.56 Å². The molecule has 144 valence electrons. The van der Waals surface area contributed by atoms with Crippen molar-refractivity contribution in [1.29, 1.82) is 5.26 Å². The number of ether oxygens (including phenoxy) is 2. The highest BCUT2D eigenvalue weighted by atomic mass is 32.2. The van der Waals surface area contributed by atoms with E-state index in [1.165, 1.54) is 11.8 Å². The van der Waals surface area contributed by atoms with Crippen molar-refractivity contribution < 1.29 is 19.4 Å². The molecule has 0 aliphatic carbocycles. The average Bonchev–Trinajstić information content (AvgIpc) is 3.16. The van der Waals surface area contributed by atoms with Crippen molar-refractivity contribution in [2.45, 2.75) is 34.7 Å². The highest BCUT2D eigenvalue weighted by Gasteiger charge is 2.51. The average molecular weight is 397 g/mol. The van der Waals surface area contributed by atoms with E-state index in [2.05, 4.69) is 10.6 Å². The van der Waals surface area contributed by atoms with Gasteiger partial charge in [-0.05, 0) is 30.3 Å². The fourth-order valence-electron chi connectivity index (χ4n) is 3.33. The van der Waals surface area contributed by atoms with Gasteiger partial charge in [0.2, 0.25) is 0 Å². The highest BCUT2D eigenvalue weighted by Crippen LogP contribution is 2.38. The van der Waals surface area contributed by atoms with Crippen LogP contribution in [-0.2, 0) is 9.47 Å². The Morgan fingerprint density at radius 1 is 1.21 bits per heavy atom. The van der Waals surface area contributed by atoms with E-state index in [9.17, 15) is 9.90 Å². The van der Waals surface area contributed by atoms with E-state index >= 15 is 0 Å². The van der Waals surface area contributed by atoms with Crippen molar-refractivity contribution >= 4 is 23.5 Å². The first-order chi connectivity index (χ1) is 13.6. The molecule has 2 fully saturated rings. The van der Waals surface area contributed by atoms with Gasteiger partial charge in [-0.15, -0.1) is 11.8 Å². The number of aliphatic hydroxyl groups excluding tert-OH is 1. The van der Waals surface area contributed by atoms with Gasteiger partial charge < -0.3 is 25.2 Å². The monoisotopic (exact) mass is 397 g/mol. The lowest BCUT2D eigenvalue weighted by atomic mass is 10.00. The third kappa shape index (κ3) is 3.98. The van der Waals surface area contributed by atoms with Gasteiger partial charge in [-0.1, -0.05) is 24.3 Å². The molecule has 5 unspecified atom stereocenters. The van der Waals surface area contributed by atoms with Gasteiger partial charge in [-0.25, -0.2) is 4.79 Å². The van der Waals surface area contributed by atoms with E-state index in [4.69, 9.17) is 14.7 Å². The number of fused-ring (bicyclic) bond motifs is 2. The van der Waals surface area contributed by atoms with Crippen molar-refractivity contribution in [2.24, 2.45) is 0 Å². The minimum absolute atomic E-state index is 0.308. The van der Waals surface area contributed by atoms with Crippen LogP contribution >= 0.6 is 11.8 Å². The number of urea groups is 1. The Morgan fingerprint density at radius 2 is 2.04 bits per heavy atom. The van der Waals surface area contributed by atoms with E-state index in [1.54, 1.807) is 24.3 Å². The normalized spacial score (nSPS) is 28.4.